The van der Waals surface area contributed by atoms with Gasteiger partial charge in [0.2, 0.25) is 20.0 Å². The van der Waals surface area contributed by atoms with Crippen LogP contribution in [0.5, 0.6) is 0 Å². The van der Waals surface area contributed by atoms with Crippen molar-refractivity contribution in [2.45, 2.75) is 36.6 Å². The summed E-state index contributed by atoms with van der Waals surface area (Å²) in [5, 5.41) is 0. The zero-order valence-electron chi connectivity index (χ0n) is 19.5. The van der Waals surface area contributed by atoms with Crippen molar-refractivity contribution in [1.82, 2.24) is 13.5 Å². The Balaban J connectivity index is 1.73. The van der Waals surface area contributed by atoms with E-state index in [0.29, 0.717) is 0 Å². The van der Waals surface area contributed by atoms with Crippen LogP contribution in [0.3, 0.4) is 0 Å². The van der Waals surface area contributed by atoms with Crippen molar-refractivity contribution in [1.29, 1.82) is 0 Å². The Morgan fingerprint density at radius 3 is 1.44 bits per heavy atom. The molecule has 0 aliphatic carbocycles. The quantitative estimate of drug-likeness (QED) is 0.514. The number of benzene rings is 3. The number of aryl methyl sites for hydroxylation is 2. The Morgan fingerprint density at radius 1 is 0.618 bits per heavy atom. The first-order valence-electron chi connectivity index (χ1n) is 11.0. The topological polar surface area (TPSA) is 78.0 Å². The SMILES string of the molecule is Cc1ccc(S(=O)(=O)N2CN([C@@H](C)c3ccccc3)CN(S(=O)(=O)c3ccc(C)cc3)C2)cc1. The molecule has 1 aliphatic heterocycles. The summed E-state index contributed by atoms with van der Waals surface area (Å²) in [6.07, 6.45) is 0. The van der Waals surface area contributed by atoms with Crippen molar-refractivity contribution in [3.63, 3.8) is 0 Å². The lowest BCUT2D eigenvalue weighted by Crippen LogP contribution is -2.58. The molecule has 1 heterocycles. The van der Waals surface area contributed by atoms with Crippen molar-refractivity contribution in [2.24, 2.45) is 0 Å². The van der Waals surface area contributed by atoms with E-state index in [2.05, 4.69) is 0 Å². The highest BCUT2D eigenvalue weighted by molar-refractivity contribution is 7.90. The van der Waals surface area contributed by atoms with Crippen LogP contribution in [0.4, 0.5) is 0 Å². The third kappa shape index (κ3) is 4.94. The molecule has 4 rings (SSSR count). The van der Waals surface area contributed by atoms with Gasteiger partial charge in [0, 0.05) is 6.04 Å². The Morgan fingerprint density at radius 2 is 1.03 bits per heavy atom. The number of nitrogens with zero attached hydrogens (tertiary/aromatic N) is 3. The molecule has 1 fully saturated rings. The van der Waals surface area contributed by atoms with Gasteiger partial charge in [-0.05, 0) is 50.6 Å². The second-order valence-electron chi connectivity index (χ2n) is 8.64. The van der Waals surface area contributed by atoms with Crippen molar-refractivity contribution >= 4 is 20.0 Å². The van der Waals surface area contributed by atoms with Crippen LogP contribution < -0.4 is 0 Å². The highest BCUT2D eigenvalue weighted by atomic mass is 32.2. The van der Waals surface area contributed by atoms with E-state index >= 15 is 0 Å². The molecule has 1 aliphatic rings. The molecule has 180 valence electrons. The Labute approximate surface area is 202 Å². The molecule has 3 aromatic rings. The number of hydrogen-bond donors (Lipinski definition) is 0. The minimum Gasteiger partial charge on any atom is -0.269 e. The summed E-state index contributed by atoms with van der Waals surface area (Å²) in [4.78, 5) is 2.14. The molecule has 0 N–H and O–H groups in total. The van der Waals surface area contributed by atoms with Crippen molar-refractivity contribution in [3.05, 3.63) is 95.6 Å². The van der Waals surface area contributed by atoms with Crippen LogP contribution in [0.15, 0.2) is 88.7 Å². The lowest BCUT2D eigenvalue weighted by atomic mass is 10.1. The van der Waals surface area contributed by atoms with Gasteiger partial charge in [0.05, 0.1) is 29.8 Å². The maximum atomic E-state index is 13.5. The van der Waals surface area contributed by atoms with E-state index in [0.717, 1.165) is 16.7 Å². The van der Waals surface area contributed by atoms with Gasteiger partial charge >= 0.3 is 0 Å². The van der Waals surface area contributed by atoms with Gasteiger partial charge in [-0.3, -0.25) is 4.90 Å². The van der Waals surface area contributed by atoms with Crippen LogP contribution in [-0.4, -0.2) is 50.4 Å². The van der Waals surface area contributed by atoms with Crippen LogP contribution in [0.1, 0.15) is 29.7 Å². The molecule has 0 aromatic heterocycles. The first-order chi connectivity index (χ1) is 16.1. The summed E-state index contributed by atoms with van der Waals surface area (Å²) in [6.45, 7) is 5.61. The molecule has 9 heteroatoms. The molecular formula is C25H29N3O4S2. The van der Waals surface area contributed by atoms with Gasteiger partial charge in [0.25, 0.3) is 0 Å². The molecule has 7 nitrogen and oxygen atoms in total. The molecule has 3 aromatic carbocycles. The molecule has 1 saturated heterocycles. The lowest BCUT2D eigenvalue weighted by molar-refractivity contribution is 0.0351. The number of hydrogen-bond acceptors (Lipinski definition) is 5. The Hall–Kier alpha value is -2.56. The predicted molar refractivity (Wildman–Crippen MR) is 132 cm³/mol. The molecule has 1 atom stereocenters. The Kier molecular flexibility index (Phi) is 6.93. The van der Waals surface area contributed by atoms with Gasteiger partial charge in [0.15, 0.2) is 0 Å². The molecule has 0 spiro atoms. The first kappa shape index (κ1) is 24.6. The standard InChI is InChI=1S/C25H29N3O4S2/c1-20-9-13-24(14-10-20)33(29,30)27-17-26(22(3)23-7-5-4-6-8-23)18-28(19-27)34(31,32)25-15-11-21(2)12-16-25/h4-16,22H,17-19H2,1-3H3/t22-/m0/s1. The smallest absolute Gasteiger partial charge is 0.245 e. The van der Waals surface area contributed by atoms with E-state index in [1.807, 2.05) is 56.0 Å². The van der Waals surface area contributed by atoms with Crippen LogP contribution in [0.25, 0.3) is 0 Å². The molecular weight excluding hydrogens is 470 g/mol. The second kappa shape index (κ2) is 9.59. The summed E-state index contributed by atoms with van der Waals surface area (Å²) in [5.41, 5.74) is 2.87. The zero-order chi connectivity index (χ0) is 24.5. The van der Waals surface area contributed by atoms with E-state index in [1.165, 1.54) is 8.61 Å². The fourth-order valence-electron chi connectivity index (χ4n) is 3.93. The van der Waals surface area contributed by atoms with Gasteiger partial charge in [-0.2, -0.15) is 8.61 Å². The zero-order valence-corrected chi connectivity index (χ0v) is 21.1. The highest BCUT2D eigenvalue weighted by Gasteiger charge is 2.39. The van der Waals surface area contributed by atoms with E-state index in [-0.39, 0.29) is 35.8 Å². The summed E-state index contributed by atoms with van der Waals surface area (Å²) >= 11 is 0. The third-order valence-corrected chi connectivity index (χ3v) is 9.70. The van der Waals surface area contributed by atoms with Gasteiger partial charge in [-0.25, -0.2) is 16.8 Å². The summed E-state index contributed by atoms with van der Waals surface area (Å²) < 4.78 is 56.6. The number of sulfonamides is 2. The maximum absolute atomic E-state index is 13.5. The van der Waals surface area contributed by atoms with E-state index in [1.54, 1.807) is 48.5 Å². The maximum Gasteiger partial charge on any atom is 0.245 e. The lowest BCUT2D eigenvalue weighted by Gasteiger charge is -2.43. The molecule has 0 bridgehead atoms. The van der Waals surface area contributed by atoms with E-state index in [9.17, 15) is 16.8 Å². The van der Waals surface area contributed by atoms with Gasteiger partial charge in [0.1, 0.15) is 0 Å². The van der Waals surface area contributed by atoms with Crippen molar-refractivity contribution in [2.75, 3.05) is 20.0 Å². The van der Waals surface area contributed by atoms with Crippen molar-refractivity contribution in [3.8, 4) is 0 Å². The van der Waals surface area contributed by atoms with Crippen molar-refractivity contribution < 1.29 is 16.8 Å². The van der Waals surface area contributed by atoms with Crippen LogP contribution >= 0.6 is 0 Å². The van der Waals surface area contributed by atoms with E-state index in [4.69, 9.17) is 0 Å². The average molecular weight is 500 g/mol. The fourth-order valence-corrected chi connectivity index (χ4v) is 6.74. The van der Waals surface area contributed by atoms with Gasteiger partial charge in [-0.1, -0.05) is 65.7 Å². The van der Waals surface area contributed by atoms with Crippen LogP contribution in [0.2, 0.25) is 0 Å². The molecule has 0 unspecified atom stereocenters. The van der Waals surface area contributed by atoms with E-state index < -0.39 is 20.0 Å². The molecule has 0 radical (unpaired) electrons. The Bertz CT molecular complexity index is 1260. The minimum atomic E-state index is -3.92. The molecule has 0 amide bonds. The summed E-state index contributed by atoms with van der Waals surface area (Å²) in [7, 11) is -7.85. The highest BCUT2D eigenvalue weighted by Crippen LogP contribution is 2.29. The third-order valence-electron chi connectivity index (χ3n) is 6.14. The second-order valence-corrected chi connectivity index (χ2v) is 12.5. The monoisotopic (exact) mass is 499 g/mol. The molecule has 34 heavy (non-hydrogen) atoms. The minimum absolute atomic E-state index is 0.0756. The first-order valence-corrected chi connectivity index (χ1v) is 13.9. The summed E-state index contributed by atoms with van der Waals surface area (Å²) in [6, 6.07) is 22.6. The normalized spacial score (nSPS) is 17.5. The molecule has 0 saturated carbocycles. The number of rotatable bonds is 6. The van der Waals surface area contributed by atoms with Gasteiger partial charge in [-0.15, -0.1) is 0 Å². The van der Waals surface area contributed by atoms with Crippen LogP contribution in [-0.2, 0) is 20.0 Å². The van der Waals surface area contributed by atoms with Gasteiger partial charge < -0.3 is 0 Å². The average Bonchev–Trinajstić information content (AvgIpc) is 2.84. The van der Waals surface area contributed by atoms with Crippen LogP contribution in [0, 0.1) is 13.8 Å². The predicted octanol–water partition coefficient (Wildman–Crippen LogP) is 3.93. The fraction of sp³-hybridized carbons (Fsp3) is 0.280. The summed E-state index contributed by atoms with van der Waals surface area (Å²) in [5.74, 6) is 0. The largest absolute Gasteiger partial charge is 0.269 e.